The van der Waals surface area contributed by atoms with Gasteiger partial charge in [0.25, 0.3) is 5.69 Å². The van der Waals surface area contributed by atoms with Crippen LogP contribution in [0.3, 0.4) is 0 Å². The zero-order valence-electron chi connectivity index (χ0n) is 18.5. The Balaban J connectivity index is 2.41. The van der Waals surface area contributed by atoms with Gasteiger partial charge >= 0.3 is 0 Å². The minimum absolute atomic E-state index is 0.0814. The Bertz CT molecular complexity index is 1070. The first-order chi connectivity index (χ1) is 14.5. The molecule has 0 aliphatic rings. The molecule has 0 spiro atoms. The molecular weight excluding hydrogens is 418 g/mol. The third-order valence-corrected chi connectivity index (χ3v) is 6.46. The van der Waals surface area contributed by atoms with E-state index in [9.17, 15) is 23.3 Å². The standard InChI is InChI=1S/C22H29N3O5S/c1-6-20(17-12-11-15(3)16(4)13-17)23-22(26)21(7-2)24(31(5,29)30)18-9-8-10-19(14-18)25(27)28/h8-14,20-21H,6-7H2,1-5H3,(H,23,26)/t20-,21-/m0/s1. The Morgan fingerprint density at radius 1 is 1.10 bits per heavy atom. The van der Waals surface area contributed by atoms with Gasteiger partial charge in [-0.25, -0.2) is 8.42 Å². The van der Waals surface area contributed by atoms with Gasteiger partial charge in [-0.05, 0) is 49.4 Å². The van der Waals surface area contributed by atoms with Crippen molar-refractivity contribution in [3.8, 4) is 0 Å². The maximum absolute atomic E-state index is 13.2. The molecule has 1 amide bonds. The lowest BCUT2D eigenvalue weighted by Crippen LogP contribution is -2.50. The lowest BCUT2D eigenvalue weighted by Gasteiger charge is -2.31. The zero-order chi connectivity index (χ0) is 23.3. The van der Waals surface area contributed by atoms with Gasteiger partial charge in [-0.2, -0.15) is 0 Å². The second-order valence-corrected chi connectivity index (χ2v) is 9.43. The molecule has 9 heteroatoms. The molecule has 0 saturated heterocycles. The molecule has 0 radical (unpaired) electrons. The van der Waals surface area contributed by atoms with E-state index in [1.807, 2.05) is 39.0 Å². The number of rotatable bonds is 9. The molecule has 8 nitrogen and oxygen atoms in total. The molecule has 1 N–H and O–H groups in total. The lowest BCUT2D eigenvalue weighted by atomic mass is 9.99. The number of hydrogen-bond acceptors (Lipinski definition) is 5. The van der Waals surface area contributed by atoms with Gasteiger partial charge in [0.15, 0.2) is 0 Å². The molecule has 2 aromatic rings. The molecule has 0 fully saturated rings. The maximum atomic E-state index is 13.2. The van der Waals surface area contributed by atoms with Crippen LogP contribution in [0.15, 0.2) is 42.5 Å². The van der Waals surface area contributed by atoms with Gasteiger partial charge in [0.1, 0.15) is 6.04 Å². The van der Waals surface area contributed by atoms with Gasteiger partial charge in [0.2, 0.25) is 15.9 Å². The van der Waals surface area contributed by atoms with Gasteiger partial charge in [-0.1, -0.05) is 38.1 Å². The number of aryl methyl sites for hydroxylation is 2. The smallest absolute Gasteiger partial charge is 0.271 e. The normalized spacial score (nSPS) is 13.3. The molecule has 0 bridgehead atoms. The van der Waals surface area contributed by atoms with E-state index in [2.05, 4.69) is 5.32 Å². The number of nitrogens with one attached hydrogen (secondary N) is 1. The Morgan fingerprint density at radius 2 is 1.77 bits per heavy atom. The summed E-state index contributed by atoms with van der Waals surface area (Å²) in [6, 6.07) is 9.92. The summed E-state index contributed by atoms with van der Waals surface area (Å²) in [5.41, 5.74) is 3.02. The topological polar surface area (TPSA) is 110 Å². The van der Waals surface area contributed by atoms with Gasteiger partial charge in [-0.15, -0.1) is 0 Å². The largest absolute Gasteiger partial charge is 0.347 e. The van der Waals surface area contributed by atoms with E-state index in [0.717, 1.165) is 33.3 Å². The number of benzene rings is 2. The van der Waals surface area contributed by atoms with Crippen LogP contribution in [0.1, 0.15) is 49.4 Å². The van der Waals surface area contributed by atoms with Crippen LogP contribution in [-0.2, 0) is 14.8 Å². The summed E-state index contributed by atoms with van der Waals surface area (Å²) in [5.74, 6) is -0.454. The van der Waals surface area contributed by atoms with Crippen LogP contribution in [0.5, 0.6) is 0 Å². The number of non-ortho nitro benzene ring substituents is 1. The third kappa shape index (κ3) is 5.81. The van der Waals surface area contributed by atoms with Crippen molar-refractivity contribution in [2.24, 2.45) is 0 Å². The molecule has 0 heterocycles. The minimum Gasteiger partial charge on any atom is -0.347 e. The van der Waals surface area contributed by atoms with E-state index < -0.39 is 26.9 Å². The van der Waals surface area contributed by atoms with Crippen LogP contribution in [0.4, 0.5) is 11.4 Å². The Morgan fingerprint density at radius 3 is 2.29 bits per heavy atom. The molecule has 0 aliphatic heterocycles. The highest BCUT2D eigenvalue weighted by Crippen LogP contribution is 2.27. The number of sulfonamides is 1. The van der Waals surface area contributed by atoms with Crippen molar-refractivity contribution in [2.75, 3.05) is 10.6 Å². The first-order valence-corrected chi connectivity index (χ1v) is 12.0. The van der Waals surface area contributed by atoms with Crippen LogP contribution in [0.2, 0.25) is 0 Å². The molecule has 0 aliphatic carbocycles. The quantitative estimate of drug-likeness (QED) is 0.461. The summed E-state index contributed by atoms with van der Waals surface area (Å²) < 4.78 is 26.2. The highest BCUT2D eigenvalue weighted by molar-refractivity contribution is 7.92. The summed E-state index contributed by atoms with van der Waals surface area (Å²) in [6.07, 6.45) is 1.81. The van der Waals surface area contributed by atoms with Crippen LogP contribution in [0.25, 0.3) is 0 Å². The average Bonchev–Trinajstić information content (AvgIpc) is 2.71. The Kier molecular flexibility index (Phi) is 7.78. The summed E-state index contributed by atoms with van der Waals surface area (Å²) in [4.78, 5) is 23.7. The van der Waals surface area contributed by atoms with E-state index in [1.54, 1.807) is 6.92 Å². The van der Waals surface area contributed by atoms with Crippen molar-refractivity contribution in [2.45, 2.75) is 52.6 Å². The Hall–Kier alpha value is -2.94. The van der Waals surface area contributed by atoms with Crippen molar-refractivity contribution in [3.63, 3.8) is 0 Å². The fourth-order valence-electron chi connectivity index (χ4n) is 3.47. The lowest BCUT2D eigenvalue weighted by molar-refractivity contribution is -0.384. The predicted octanol–water partition coefficient (Wildman–Crippen LogP) is 4.02. The summed E-state index contributed by atoms with van der Waals surface area (Å²) in [6.45, 7) is 7.65. The maximum Gasteiger partial charge on any atom is 0.271 e. The summed E-state index contributed by atoms with van der Waals surface area (Å²) in [5, 5.41) is 14.1. The number of nitrogens with zero attached hydrogens (tertiary/aromatic N) is 2. The summed E-state index contributed by atoms with van der Waals surface area (Å²) >= 11 is 0. The van der Waals surface area contributed by atoms with Gasteiger partial charge in [0.05, 0.1) is 22.9 Å². The molecule has 0 aromatic heterocycles. The highest BCUT2D eigenvalue weighted by atomic mass is 32.2. The molecule has 2 atom stereocenters. The fourth-order valence-corrected chi connectivity index (χ4v) is 4.68. The number of amides is 1. The van der Waals surface area contributed by atoms with Crippen molar-refractivity contribution in [1.29, 1.82) is 0 Å². The highest BCUT2D eigenvalue weighted by Gasteiger charge is 2.33. The van der Waals surface area contributed by atoms with Crippen molar-refractivity contribution >= 4 is 27.3 Å². The van der Waals surface area contributed by atoms with Gasteiger partial charge < -0.3 is 5.32 Å². The third-order valence-electron chi connectivity index (χ3n) is 5.28. The van der Waals surface area contributed by atoms with E-state index in [-0.39, 0.29) is 23.8 Å². The molecule has 0 unspecified atom stereocenters. The van der Waals surface area contributed by atoms with Crippen LogP contribution in [0, 0.1) is 24.0 Å². The number of nitro benzene ring substituents is 1. The first kappa shape index (κ1) is 24.3. The van der Waals surface area contributed by atoms with Crippen LogP contribution in [-0.4, -0.2) is 31.5 Å². The number of nitro groups is 1. The predicted molar refractivity (Wildman–Crippen MR) is 122 cm³/mol. The molecule has 31 heavy (non-hydrogen) atoms. The average molecular weight is 448 g/mol. The van der Waals surface area contributed by atoms with E-state index in [4.69, 9.17) is 0 Å². The number of carbonyl (C=O) groups is 1. The van der Waals surface area contributed by atoms with E-state index in [0.29, 0.717) is 6.42 Å². The first-order valence-electron chi connectivity index (χ1n) is 10.1. The molecule has 168 valence electrons. The minimum atomic E-state index is -3.89. The number of hydrogen-bond donors (Lipinski definition) is 1. The van der Waals surface area contributed by atoms with Gasteiger partial charge in [0, 0.05) is 12.1 Å². The molecule has 0 saturated carbocycles. The Labute approximate surface area is 183 Å². The van der Waals surface area contributed by atoms with Crippen LogP contribution < -0.4 is 9.62 Å². The van der Waals surface area contributed by atoms with E-state index in [1.165, 1.54) is 18.2 Å². The van der Waals surface area contributed by atoms with Crippen molar-refractivity contribution in [1.82, 2.24) is 5.32 Å². The van der Waals surface area contributed by atoms with Crippen molar-refractivity contribution < 1.29 is 18.1 Å². The van der Waals surface area contributed by atoms with E-state index >= 15 is 0 Å². The zero-order valence-corrected chi connectivity index (χ0v) is 19.3. The van der Waals surface area contributed by atoms with Crippen molar-refractivity contribution in [3.05, 3.63) is 69.3 Å². The molecule has 2 rings (SSSR count). The monoisotopic (exact) mass is 447 g/mol. The van der Waals surface area contributed by atoms with Crippen LogP contribution >= 0.6 is 0 Å². The SMILES string of the molecule is CC[C@H](NC(=O)[C@H](CC)N(c1cccc([N+](=O)[O-])c1)S(C)(=O)=O)c1ccc(C)c(C)c1. The fraction of sp³-hybridized carbons (Fsp3) is 0.409. The number of carbonyl (C=O) groups excluding carboxylic acids is 1. The van der Waals surface area contributed by atoms with Gasteiger partial charge in [-0.3, -0.25) is 19.2 Å². The second-order valence-electron chi connectivity index (χ2n) is 7.57. The summed E-state index contributed by atoms with van der Waals surface area (Å²) in [7, 11) is -3.89. The second kappa shape index (κ2) is 9.91. The molecule has 2 aromatic carbocycles. The molecular formula is C22H29N3O5S. The number of anilines is 1.